The van der Waals surface area contributed by atoms with Gasteiger partial charge >= 0.3 is 0 Å². The zero-order valence-electron chi connectivity index (χ0n) is 10.9. The molecule has 4 heteroatoms. The SMILES string of the molecule is CCC1(C(=O)Cc2cnccc2N)CCCNC1. The first-order valence-electron chi connectivity index (χ1n) is 6.60. The van der Waals surface area contributed by atoms with Gasteiger partial charge in [-0.25, -0.2) is 0 Å². The highest BCUT2D eigenvalue weighted by Gasteiger charge is 2.37. The highest BCUT2D eigenvalue weighted by atomic mass is 16.1. The molecule has 1 unspecified atom stereocenters. The van der Waals surface area contributed by atoms with Gasteiger partial charge in [-0.05, 0) is 31.9 Å². The second-order valence-electron chi connectivity index (χ2n) is 5.09. The Balaban J connectivity index is 2.13. The molecule has 0 saturated carbocycles. The molecule has 0 spiro atoms. The van der Waals surface area contributed by atoms with Crippen LogP contribution in [0.2, 0.25) is 0 Å². The van der Waals surface area contributed by atoms with Crippen LogP contribution in [0.5, 0.6) is 0 Å². The van der Waals surface area contributed by atoms with Crippen LogP contribution in [0.25, 0.3) is 0 Å². The molecule has 18 heavy (non-hydrogen) atoms. The molecule has 0 radical (unpaired) electrons. The molecule has 2 rings (SSSR count). The number of nitrogens with one attached hydrogen (secondary N) is 1. The lowest BCUT2D eigenvalue weighted by Crippen LogP contribution is -2.45. The van der Waals surface area contributed by atoms with E-state index >= 15 is 0 Å². The quantitative estimate of drug-likeness (QED) is 0.847. The maximum atomic E-state index is 12.5. The van der Waals surface area contributed by atoms with Gasteiger partial charge in [0.05, 0.1) is 0 Å². The molecule has 0 amide bonds. The topological polar surface area (TPSA) is 68.0 Å². The molecular formula is C14H21N3O. The summed E-state index contributed by atoms with van der Waals surface area (Å²) in [4.78, 5) is 16.6. The number of hydrogen-bond acceptors (Lipinski definition) is 4. The Hall–Kier alpha value is -1.42. The van der Waals surface area contributed by atoms with Gasteiger partial charge in [0.2, 0.25) is 0 Å². The summed E-state index contributed by atoms with van der Waals surface area (Å²) in [5.74, 6) is 0.289. The summed E-state index contributed by atoms with van der Waals surface area (Å²) >= 11 is 0. The number of nitrogens with zero attached hydrogens (tertiary/aromatic N) is 1. The van der Waals surface area contributed by atoms with Crippen molar-refractivity contribution in [2.45, 2.75) is 32.6 Å². The van der Waals surface area contributed by atoms with Crippen molar-refractivity contribution in [1.29, 1.82) is 0 Å². The van der Waals surface area contributed by atoms with Gasteiger partial charge in [0.1, 0.15) is 5.78 Å². The third kappa shape index (κ3) is 2.53. The van der Waals surface area contributed by atoms with E-state index in [-0.39, 0.29) is 11.2 Å². The van der Waals surface area contributed by atoms with Gasteiger partial charge in [0.25, 0.3) is 0 Å². The average molecular weight is 247 g/mol. The van der Waals surface area contributed by atoms with Crippen molar-refractivity contribution in [2.75, 3.05) is 18.8 Å². The van der Waals surface area contributed by atoms with Crippen molar-refractivity contribution in [3.05, 3.63) is 24.0 Å². The summed E-state index contributed by atoms with van der Waals surface area (Å²) in [6, 6.07) is 1.75. The maximum Gasteiger partial charge on any atom is 0.144 e. The van der Waals surface area contributed by atoms with E-state index in [4.69, 9.17) is 5.73 Å². The Morgan fingerprint density at radius 3 is 3.06 bits per heavy atom. The molecule has 1 aromatic rings. The number of Topliss-reactive ketones (excluding diaryl/α,β-unsaturated/α-hetero) is 1. The number of piperidine rings is 1. The van der Waals surface area contributed by atoms with Gasteiger partial charge in [-0.1, -0.05) is 6.92 Å². The van der Waals surface area contributed by atoms with Gasteiger partial charge in [-0.15, -0.1) is 0 Å². The van der Waals surface area contributed by atoms with E-state index in [1.807, 2.05) is 0 Å². The molecule has 1 atom stereocenters. The molecule has 1 fully saturated rings. The van der Waals surface area contributed by atoms with E-state index in [1.54, 1.807) is 18.5 Å². The maximum absolute atomic E-state index is 12.5. The highest BCUT2D eigenvalue weighted by molar-refractivity contribution is 5.88. The third-order valence-corrected chi connectivity index (χ3v) is 4.03. The highest BCUT2D eigenvalue weighted by Crippen LogP contribution is 2.32. The number of hydrogen-bond donors (Lipinski definition) is 2. The van der Waals surface area contributed by atoms with E-state index in [9.17, 15) is 4.79 Å². The molecule has 0 bridgehead atoms. The standard InChI is InChI=1S/C14H21N3O/c1-2-14(5-3-6-17-10-14)13(18)8-11-9-16-7-4-12(11)15/h4,7,9,17H,2-3,5-6,8,10H2,1H3,(H2,15,16). The summed E-state index contributed by atoms with van der Waals surface area (Å²) < 4.78 is 0. The van der Waals surface area contributed by atoms with Crippen molar-refractivity contribution >= 4 is 11.5 Å². The number of nitrogen functional groups attached to an aromatic ring is 1. The monoisotopic (exact) mass is 247 g/mol. The van der Waals surface area contributed by atoms with Crippen LogP contribution in [0.4, 0.5) is 5.69 Å². The first-order valence-corrected chi connectivity index (χ1v) is 6.60. The molecule has 98 valence electrons. The van der Waals surface area contributed by atoms with Crippen LogP contribution in [-0.2, 0) is 11.2 Å². The van der Waals surface area contributed by atoms with Crippen molar-refractivity contribution in [1.82, 2.24) is 10.3 Å². The van der Waals surface area contributed by atoms with Crippen LogP contribution in [0, 0.1) is 5.41 Å². The fraction of sp³-hybridized carbons (Fsp3) is 0.571. The Kier molecular flexibility index (Phi) is 3.97. The molecule has 1 aliphatic heterocycles. The van der Waals surface area contributed by atoms with Crippen molar-refractivity contribution in [3.63, 3.8) is 0 Å². The van der Waals surface area contributed by atoms with Gasteiger partial charge in [0.15, 0.2) is 0 Å². The Labute approximate surface area is 108 Å². The van der Waals surface area contributed by atoms with Gasteiger partial charge in [-0.2, -0.15) is 0 Å². The third-order valence-electron chi connectivity index (χ3n) is 4.03. The van der Waals surface area contributed by atoms with Crippen molar-refractivity contribution in [3.8, 4) is 0 Å². The molecule has 2 heterocycles. The molecular weight excluding hydrogens is 226 g/mol. The van der Waals surface area contributed by atoms with E-state index in [0.29, 0.717) is 12.1 Å². The Morgan fingerprint density at radius 1 is 1.61 bits per heavy atom. The number of aromatic nitrogens is 1. The van der Waals surface area contributed by atoms with Crippen molar-refractivity contribution in [2.24, 2.45) is 5.41 Å². The van der Waals surface area contributed by atoms with E-state index in [2.05, 4.69) is 17.2 Å². The Bertz CT molecular complexity index is 425. The number of carbonyl (C=O) groups is 1. The molecule has 1 aromatic heterocycles. The number of rotatable bonds is 4. The fourth-order valence-corrected chi connectivity index (χ4v) is 2.65. The summed E-state index contributed by atoms with van der Waals surface area (Å²) in [5.41, 5.74) is 7.18. The normalized spacial score (nSPS) is 23.8. The fourth-order valence-electron chi connectivity index (χ4n) is 2.65. The lowest BCUT2D eigenvalue weighted by Gasteiger charge is -2.35. The number of ketones is 1. The second-order valence-corrected chi connectivity index (χ2v) is 5.09. The molecule has 0 aliphatic carbocycles. The summed E-state index contributed by atoms with van der Waals surface area (Å²) in [5, 5.41) is 3.34. The van der Waals surface area contributed by atoms with Crippen LogP contribution in [0.15, 0.2) is 18.5 Å². The second kappa shape index (κ2) is 5.48. The number of nitrogens with two attached hydrogens (primary N) is 1. The number of pyridine rings is 1. The summed E-state index contributed by atoms with van der Waals surface area (Å²) in [6.07, 6.45) is 6.69. The van der Waals surface area contributed by atoms with Crippen LogP contribution in [0.1, 0.15) is 31.7 Å². The van der Waals surface area contributed by atoms with Gasteiger partial charge < -0.3 is 11.1 Å². The minimum absolute atomic E-state index is 0.208. The zero-order chi connectivity index (χ0) is 13.0. The van der Waals surface area contributed by atoms with Crippen LogP contribution < -0.4 is 11.1 Å². The van der Waals surface area contributed by atoms with Gasteiger partial charge in [0, 0.05) is 42.0 Å². The van der Waals surface area contributed by atoms with Crippen LogP contribution in [0.3, 0.4) is 0 Å². The number of anilines is 1. The van der Waals surface area contributed by atoms with E-state index in [1.165, 1.54) is 0 Å². The lowest BCUT2D eigenvalue weighted by molar-refractivity contribution is -0.129. The first kappa shape index (κ1) is 13.0. The smallest absolute Gasteiger partial charge is 0.144 e. The zero-order valence-corrected chi connectivity index (χ0v) is 10.9. The predicted octanol–water partition coefficient (Wildman–Crippen LogP) is 1.56. The van der Waals surface area contributed by atoms with Crippen LogP contribution >= 0.6 is 0 Å². The van der Waals surface area contributed by atoms with Crippen LogP contribution in [-0.4, -0.2) is 23.9 Å². The average Bonchev–Trinajstić information content (AvgIpc) is 2.42. The summed E-state index contributed by atoms with van der Waals surface area (Å²) in [7, 11) is 0. The molecule has 4 nitrogen and oxygen atoms in total. The molecule has 3 N–H and O–H groups in total. The van der Waals surface area contributed by atoms with E-state index < -0.39 is 0 Å². The minimum atomic E-state index is -0.208. The Morgan fingerprint density at radius 2 is 2.44 bits per heavy atom. The minimum Gasteiger partial charge on any atom is -0.398 e. The molecule has 0 aromatic carbocycles. The van der Waals surface area contributed by atoms with Crippen molar-refractivity contribution < 1.29 is 4.79 Å². The molecule has 1 saturated heterocycles. The first-order chi connectivity index (χ1) is 8.68. The molecule has 1 aliphatic rings. The van der Waals surface area contributed by atoms with Gasteiger partial charge in [-0.3, -0.25) is 9.78 Å². The predicted molar refractivity (Wildman–Crippen MR) is 72.2 cm³/mol. The van der Waals surface area contributed by atoms with E-state index in [0.717, 1.165) is 37.9 Å². The largest absolute Gasteiger partial charge is 0.398 e. The lowest BCUT2D eigenvalue weighted by atomic mass is 9.73. The number of carbonyl (C=O) groups excluding carboxylic acids is 1. The summed E-state index contributed by atoms with van der Waals surface area (Å²) in [6.45, 7) is 3.91.